The number of nitrogens with zero attached hydrogens (tertiary/aromatic N) is 2. The van der Waals surface area contributed by atoms with Crippen molar-refractivity contribution >= 4 is 15.7 Å². The van der Waals surface area contributed by atoms with Crippen molar-refractivity contribution in [1.29, 1.82) is 0 Å². The Morgan fingerprint density at radius 1 is 1.53 bits per heavy atom. The van der Waals surface area contributed by atoms with Crippen LogP contribution < -0.4 is 10.6 Å². The first kappa shape index (κ1) is 12.3. The number of nitrogens with two attached hydrogens (primary N) is 1. The first-order valence-corrected chi connectivity index (χ1v) is 7.46. The summed E-state index contributed by atoms with van der Waals surface area (Å²) in [7, 11) is -2.88. The van der Waals surface area contributed by atoms with Crippen molar-refractivity contribution in [3.8, 4) is 0 Å². The van der Waals surface area contributed by atoms with E-state index in [1.165, 1.54) is 0 Å². The summed E-state index contributed by atoms with van der Waals surface area (Å²) < 4.78 is 22.9. The molecular formula is C11H17N3O2S. The van der Waals surface area contributed by atoms with Crippen LogP contribution in [0.25, 0.3) is 0 Å². The minimum absolute atomic E-state index is 0.0232. The second-order valence-electron chi connectivity index (χ2n) is 4.39. The summed E-state index contributed by atoms with van der Waals surface area (Å²) >= 11 is 0. The SMILES string of the molecule is CC1CS(=O)(=O)CCN1c1ccc(CN)cn1. The van der Waals surface area contributed by atoms with E-state index in [0.717, 1.165) is 11.4 Å². The number of anilines is 1. The van der Waals surface area contributed by atoms with E-state index in [-0.39, 0.29) is 17.5 Å². The van der Waals surface area contributed by atoms with Crippen molar-refractivity contribution in [2.24, 2.45) is 5.73 Å². The molecule has 0 saturated carbocycles. The van der Waals surface area contributed by atoms with Crippen molar-refractivity contribution in [2.75, 3.05) is 23.0 Å². The highest BCUT2D eigenvalue weighted by Crippen LogP contribution is 2.19. The van der Waals surface area contributed by atoms with Crippen LogP contribution in [0.3, 0.4) is 0 Å². The van der Waals surface area contributed by atoms with Crippen LogP contribution in [-0.4, -0.2) is 37.5 Å². The number of sulfone groups is 1. The van der Waals surface area contributed by atoms with Gasteiger partial charge in [-0.2, -0.15) is 0 Å². The third-order valence-corrected chi connectivity index (χ3v) is 4.80. The Morgan fingerprint density at radius 3 is 2.82 bits per heavy atom. The fourth-order valence-corrected chi connectivity index (χ4v) is 3.60. The fraction of sp³-hybridized carbons (Fsp3) is 0.545. The van der Waals surface area contributed by atoms with Gasteiger partial charge in [0.1, 0.15) is 5.82 Å². The third-order valence-electron chi connectivity index (χ3n) is 3.01. The van der Waals surface area contributed by atoms with Crippen molar-refractivity contribution in [2.45, 2.75) is 19.5 Å². The molecule has 5 nitrogen and oxygen atoms in total. The number of aromatic nitrogens is 1. The maximum atomic E-state index is 11.5. The molecule has 1 fully saturated rings. The molecule has 1 aromatic rings. The van der Waals surface area contributed by atoms with Crippen molar-refractivity contribution in [1.82, 2.24) is 4.98 Å². The van der Waals surface area contributed by atoms with Gasteiger partial charge in [0.15, 0.2) is 9.84 Å². The normalized spacial score (nSPS) is 23.6. The molecule has 2 N–H and O–H groups in total. The molecule has 1 unspecified atom stereocenters. The van der Waals surface area contributed by atoms with E-state index in [1.807, 2.05) is 24.0 Å². The lowest BCUT2D eigenvalue weighted by Gasteiger charge is -2.34. The molecule has 1 saturated heterocycles. The van der Waals surface area contributed by atoms with Crippen LogP contribution in [0.5, 0.6) is 0 Å². The molecule has 94 valence electrons. The molecule has 2 heterocycles. The Hall–Kier alpha value is -1.14. The number of hydrogen-bond acceptors (Lipinski definition) is 5. The molecule has 0 aliphatic carbocycles. The van der Waals surface area contributed by atoms with Crippen LogP contribution in [0.4, 0.5) is 5.82 Å². The molecular weight excluding hydrogens is 238 g/mol. The van der Waals surface area contributed by atoms with Crippen LogP contribution in [0.1, 0.15) is 12.5 Å². The highest BCUT2D eigenvalue weighted by Gasteiger charge is 2.28. The largest absolute Gasteiger partial charge is 0.352 e. The summed E-state index contributed by atoms with van der Waals surface area (Å²) in [6, 6.07) is 3.80. The first-order chi connectivity index (χ1) is 8.02. The van der Waals surface area contributed by atoms with Gasteiger partial charge in [0.2, 0.25) is 0 Å². The van der Waals surface area contributed by atoms with E-state index in [0.29, 0.717) is 13.1 Å². The lowest BCUT2D eigenvalue weighted by Crippen LogP contribution is -2.47. The van der Waals surface area contributed by atoms with E-state index >= 15 is 0 Å². The van der Waals surface area contributed by atoms with E-state index in [4.69, 9.17) is 5.73 Å². The Balaban J connectivity index is 2.17. The van der Waals surface area contributed by atoms with E-state index in [2.05, 4.69) is 4.98 Å². The molecule has 6 heteroatoms. The van der Waals surface area contributed by atoms with Gasteiger partial charge < -0.3 is 10.6 Å². The second-order valence-corrected chi connectivity index (χ2v) is 6.61. The van der Waals surface area contributed by atoms with Gasteiger partial charge in [-0.05, 0) is 18.6 Å². The summed E-state index contributed by atoms with van der Waals surface area (Å²) in [6.07, 6.45) is 1.74. The minimum atomic E-state index is -2.88. The topological polar surface area (TPSA) is 76.3 Å². The maximum Gasteiger partial charge on any atom is 0.154 e. The van der Waals surface area contributed by atoms with Crippen molar-refractivity contribution < 1.29 is 8.42 Å². The quantitative estimate of drug-likeness (QED) is 0.815. The summed E-state index contributed by atoms with van der Waals surface area (Å²) in [5.41, 5.74) is 6.49. The van der Waals surface area contributed by atoms with Crippen LogP contribution in [0, 0.1) is 0 Å². The number of rotatable bonds is 2. The standard InChI is InChI=1S/C11H17N3O2S/c1-9-8-17(15,16)5-4-14(9)11-3-2-10(6-12)7-13-11/h2-3,7,9H,4-6,8,12H2,1H3. The van der Waals surface area contributed by atoms with Crippen LogP contribution in [0.2, 0.25) is 0 Å². The van der Waals surface area contributed by atoms with Gasteiger partial charge >= 0.3 is 0 Å². The van der Waals surface area contributed by atoms with Gasteiger partial charge in [0, 0.05) is 25.3 Å². The first-order valence-electron chi connectivity index (χ1n) is 5.64. The van der Waals surface area contributed by atoms with Crippen LogP contribution in [-0.2, 0) is 16.4 Å². The number of hydrogen-bond donors (Lipinski definition) is 1. The monoisotopic (exact) mass is 255 g/mol. The smallest absolute Gasteiger partial charge is 0.154 e. The zero-order valence-corrected chi connectivity index (χ0v) is 10.7. The number of pyridine rings is 1. The van der Waals surface area contributed by atoms with E-state index in [1.54, 1.807) is 6.20 Å². The third kappa shape index (κ3) is 2.76. The average molecular weight is 255 g/mol. The highest BCUT2D eigenvalue weighted by atomic mass is 32.2. The summed E-state index contributed by atoms with van der Waals surface area (Å²) in [5.74, 6) is 1.23. The molecule has 1 aliphatic rings. The molecule has 0 bridgehead atoms. The van der Waals surface area contributed by atoms with Gasteiger partial charge in [-0.25, -0.2) is 13.4 Å². The Bertz CT molecular complexity index is 484. The van der Waals surface area contributed by atoms with Crippen molar-refractivity contribution in [3.63, 3.8) is 0 Å². The summed E-state index contributed by atoms with van der Waals surface area (Å²) in [6.45, 7) is 2.89. The van der Waals surface area contributed by atoms with Crippen LogP contribution in [0.15, 0.2) is 18.3 Å². The van der Waals surface area contributed by atoms with E-state index in [9.17, 15) is 8.42 Å². The molecule has 0 aromatic carbocycles. The minimum Gasteiger partial charge on any atom is -0.352 e. The Morgan fingerprint density at radius 2 is 2.29 bits per heavy atom. The zero-order chi connectivity index (χ0) is 12.5. The molecule has 0 spiro atoms. The lowest BCUT2D eigenvalue weighted by atomic mass is 10.2. The van der Waals surface area contributed by atoms with E-state index < -0.39 is 9.84 Å². The molecule has 1 aliphatic heterocycles. The lowest BCUT2D eigenvalue weighted by molar-refractivity contribution is 0.567. The molecule has 0 radical (unpaired) electrons. The molecule has 0 amide bonds. The summed E-state index contributed by atoms with van der Waals surface area (Å²) in [5, 5.41) is 0. The maximum absolute atomic E-state index is 11.5. The van der Waals surface area contributed by atoms with Crippen molar-refractivity contribution in [3.05, 3.63) is 23.9 Å². The van der Waals surface area contributed by atoms with Gasteiger partial charge in [-0.3, -0.25) is 0 Å². The summed E-state index contributed by atoms with van der Waals surface area (Å²) in [4.78, 5) is 6.35. The molecule has 17 heavy (non-hydrogen) atoms. The zero-order valence-electron chi connectivity index (χ0n) is 9.83. The Labute approximate surface area is 102 Å². The van der Waals surface area contributed by atoms with Gasteiger partial charge in [-0.15, -0.1) is 0 Å². The van der Waals surface area contributed by atoms with Gasteiger partial charge in [-0.1, -0.05) is 6.07 Å². The predicted octanol–water partition coefficient (Wildman–Crippen LogP) is 0.164. The van der Waals surface area contributed by atoms with Gasteiger partial charge in [0.05, 0.1) is 11.5 Å². The second kappa shape index (κ2) is 4.62. The molecule has 1 aromatic heterocycles. The predicted molar refractivity (Wildman–Crippen MR) is 67.6 cm³/mol. The molecule has 1 atom stereocenters. The fourth-order valence-electron chi connectivity index (χ4n) is 2.05. The average Bonchev–Trinajstić information content (AvgIpc) is 2.28. The van der Waals surface area contributed by atoms with Crippen LogP contribution >= 0.6 is 0 Å². The Kier molecular flexibility index (Phi) is 3.35. The van der Waals surface area contributed by atoms with Gasteiger partial charge in [0.25, 0.3) is 0 Å². The highest BCUT2D eigenvalue weighted by molar-refractivity contribution is 7.91. The molecule has 2 rings (SSSR count).